The second-order valence-electron chi connectivity index (χ2n) is 6.32. The van der Waals surface area contributed by atoms with Gasteiger partial charge in [-0.05, 0) is 50.2 Å². The highest BCUT2D eigenvalue weighted by molar-refractivity contribution is 6.03. The second-order valence-corrected chi connectivity index (χ2v) is 6.32. The lowest BCUT2D eigenvalue weighted by Gasteiger charge is -2.21. The minimum Gasteiger partial charge on any atom is -0.497 e. The van der Waals surface area contributed by atoms with E-state index in [4.69, 9.17) is 4.74 Å². The third-order valence-electron chi connectivity index (χ3n) is 4.50. The van der Waals surface area contributed by atoms with Crippen molar-refractivity contribution < 1.29 is 9.53 Å². The Bertz CT molecular complexity index is 955. The molecule has 7 nitrogen and oxygen atoms in total. The van der Waals surface area contributed by atoms with Crippen molar-refractivity contribution in [2.45, 2.75) is 13.8 Å². The van der Waals surface area contributed by atoms with Crippen LogP contribution in [0.25, 0.3) is 0 Å². The Hall–Kier alpha value is -3.61. The molecule has 0 aliphatic heterocycles. The molecule has 7 heteroatoms. The number of nitrogens with zero attached hydrogens (tertiary/aromatic N) is 3. The van der Waals surface area contributed by atoms with Gasteiger partial charge in [0.05, 0.1) is 7.11 Å². The van der Waals surface area contributed by atoms with Gasteiger partial charge in [-0.2, -0.15) is 0 Å². The van der Waals surface area contributed by atoms with E-state index in [0.29, 0.717) is 17.3 Å². The van der Waals surface area contributed by atoms with Gasteiger partial charge in [0.1, 0.15) is 23.6 Å². The van der Waals surface area contributed by atoms with Crippen LogP contribution in [0.1, 0.15) is 24.3 Å². The molecule has 150 valence electrons. The van der Waals surface area contributed by atoms with Crippen molar-refractivity contribution in [3.05, 3.63) is 66.6 Å². The van der Waals surface area contributed by atoms with Crippen LogP contribution in [0.5, 0.6) is 5.75 Å². The molecular formula is C22H25N5O2. The Morgan fingerprint density at radius 3 is 2.45 bits per heavy atom. The van der Waals surface area contributed by atoms with Gasteiger partial charge in [0, 0.05) is 42.3 Å². The number of rotatable bonds is 8. The van der Waals surface area contributed by atoms with E-state index in [2.05, 4.69) is 51.5 Å². The summed E-state index contributed by atoms with van der Waals surface area (Å²) >= 11 is 0. The summed E-state index contributed by atoms with van der Waals surface area (Å²) in [5.74, 6) is 0.896. The molecule has 1 heterocycles. The maximum absolute atomic E-state index is 12.5. The molecule has 0 saturated carbocycles. The predicted molar refractivity (Wildman–Crippen MR) is 116 cm³/mol. The lowest BCUT2D eigenvalue weighted by molar-refractivity contribution is 0.102. The van der Waals surface area contributed by atoms with Crippen molar-refractivity contribution >= 4 is 28.8 Å². The zero-order valence-corrected chi connectivity index (χ0v) is 16.8. The predicted octanol–water partition coefficient (Wildman–Crippen LogP) is 4.33. The van der Waals surface area contributed by atoms with Gasteiger partial charge in [-0.1, -0.05) is 6.07 Å². The highest BCUT2D eigenvalue weighted by Gasteiger charge is 2.10. The molecule has 1 amide bonds. The number of hydrogen-bond acceptors (Lipinski definition) is 6. The number of hydrogen-bond donors (Lipinski definition) is 2. The number of benzene rings is 2. The summed E-state index contributed by atoms with van der Waals surface area (Å²) in [5.41, 5.74) is 2.96. The molecule has 3 aromatic rings. The van der Waals surface area contributed by atoms with Gasteiger partial charge >= 0.3 is 0 Å². The monoisotopic (exact) mass is 391 g/mol. The van der Waals surface area contributed by atoms with Crippen LogP contribution < -0.4 is 20.3 Å². The summed E-state index contributed by atoms with van der Waals surface area (Å²) in [4.78, 5) is 23.1. The molecule has 0 atom stereocenters. The first-order chi connectivity index (χ1) is 14.1. The molecule has 0 aliphatic rings. The maximum Gasteiger partial charge on any atom is 0.274 e. The summed E-state index contributed by atoms with van der Waals surface area (Å²) in [6.07, 6.45) is 1.37. The number of nitrogens with one attached hydrogen (secondary N) is 2. The number of ether oxygens (including phenoxy) is 1. The summed E-state index contributed by atoms with van der Waals surface area (Å²) in [5, 5.41) is 6.03. The maximum atomic E-state index is 12.5. The lowest BCUT2D eigenvalue weighted by Crippen LogP contribution is -2.21. The average molecular weight is 391 g/mol. The first kappa shape index (κ1) is 20.1. The zero-order valence-electron chi connectivity index (χ0n) is 16.8. The van der Waals surface area contributed by atoms with Crippen LogP contribution in [0, 0.1) is 0 Å². The number of amides is 1. The van der Waals surface area contributed by atoms with Crippen molar-refractivity contribution in [1.29, 1.82) is 0 Å². The number of anilines is 4. The first-order valence-electron chi connectivity index (χ1n) is 9.52. The van der Waals surface area contributed by atoms with Crippen LogP contribution in [-0.4, -0.2) is 36.1 Å². The molecule has 2 N–H and O–H groups in total. The number of aromatic nitrogens is 2. The smallest absolute Gasteiger partial charge is 0.274 e. The first-order valence-corrected chi connectivity index (χ1v) is 9.52. The molecule has 0 bridgehead atoms. The van der Waals surface area contributed by atoms with Crippen LogP contribution in [0.3, 0.4) is 0 Å². The second kappa shape index (κ2) is 9.54. The molecule has 0 unspecified atom stereocenters. The van der Waals surface area contributed by atoms with E-state index < -0.39 is 0 Å². The minimum absolute atomic E-state index is 0.269. The fourth-order valence-electron chi connectivity index (χ4n) is 2.94. The Kier molecular flexibility index (Phi) is 6.63. The van der Waals surface area contributed by atoms with Crippen LogP contribution >= 0.6 is 0 Å². The molecule has 0 aliphatic carbocycles. The molecule has 3 rings (SSSR count). The van der Waals surface area contributed by atoms with E-state index in [9.17, 15) is 4.79 Å². The van der Waals surface area contributed by atoms with E-state index in [1.807, 2.05) is 24.3 Å². The molecule has 1 aromatic heterocycles. The van der Waals surface area contributed by atoms with Gasteiger partial charge in [-0.15, -0.1) is 0 Å². The van der Waals surface area contributed by atoms with E-state index in [1.165, 1.54) is 12.0 Å². The number of carbonyl (C=O) groups excluding carboxylic acids is 1. The van der Waals surface area contributed by atoms with E-state index in [1.54, 1.807) is 25.3 Å². The van der Waals surface area contributed by atoms with Gasteiger partial charge in [0.15, 0.2) is 0 Å². The van der Waals surface area contributed by atoms with Crippen molar-refractivity contribution in [3.63, 3.8) is 0 Å². The third-order valence-corrected chi connectivity index (χ3v) is 4.50. The molecule has 0 radical (unpaired) electrons. The van der Waals surface area contributed by atoms with Crippen LogP contribution in [0.2, 0.25) is 0 Å². The van der Waals surface area contributed by atoms with Crippen molar-refractivity contribution in [3.8, 4) is 5.75 Å². The van der Waals surface area contributed by atoms with Gasteiger partial charge in [-0.25, -0.2) is 9.97 Å². The zero-order chi connectivity index (χ0) is 20.6. The fraction of sp³-hybridized carbons (Fsp3) is 0.227. The Balaban J connectivity index is 1.69. The Morgan fingerprint density at radius 2 is 1.76 bits per heavy atom. The summed E-state index contributed by atoms with van der Waals surface area (Å²) < 4.78 is 5.18. The summed E-state index contributed by atoms with van der Waals surface area (Å²) in [6, 6.07) is 16.9. The molecule has 0 spiro atoms. The minimum atomic E-state index is -0.319. The largest absolute Gasteiger partial charge is 0.497 e. The van der Waals surface area contributed by atoms with Crippen LogP contribution in [-0.2, 0) is 0 Å². The Morgan fingerprint density at radius 1 is 1.00 bits per heavy atom. The van der Waals surface area contributed by atoms with E-state index in [0.717, 1.165) is 18.8 Å². The van der Waals surface area contributed by atoms with Gasteiger partial charge in [0.25, 0.3) is 5.91 Å². The summed E-state index contributed by atoms with van der Waals surface area (Å²) in [6.45, 7) is 6.19. The number of methoxy groups -OCH3 is 1. The fourth-order valence-corrected chi connectivity index (χ4v) is 2.94. The van der Waals surface area contributed by atoms with Crippen LogP contribution in [0.4, 0.5) is 22.9 Å². The summed E-state index contributed by atoms with van der Waals surface area (Å²) in [7, 11) is 1.58. The van der Waals surface area contributed by atoms with Crippen molar-refractivity contribution in [2.24, 2.45) is 0 Å². The molecule has 29 heavy (non-hydrogen) atoms. The highest BCUT2D eigenvalue weighted by atomic mass is 16.5. The van der Waals surface area contributed by atoms with Gasteiger partial charge in [0.2, 0.25) is 0 Å². The lowest BCUT2D eigenvalue weighted by atomic mass is 10.2. The average Bonchev–Trinajstić information content (AvgIpc) is 2.76. The van der Waals surface area contributed by atoms with Gasteiger partial charge in [-0.3, -0.25) is 4.79 Å². The molecule has 0 saturated heterocycles. The van der Waals surface area contributed by atoms with Gasteiger partial charge < -0.3 is 20.3 Å². The standard InChI is InChI=1S/C22H25N5O2/c1-4-27(5-2)18-11-9-16(10-12-18)25-21-14-20(23-15-24-21)22(28)26-17-7-6-8-19(13-17)29-3/h6-15H,4-5H2,1-3H3,(H,26,28)(H,23,24,25). The third kappa shape index (κ3) is 5.22. The molecular weight excluding hydrogens is 366 g/mol. The molecule has 2 aromatic carbocycles. The van der Waals surface area contributed by atoms with E-state index in [-0.39, 0.29) is 11.6 Å². The van der Waals surface area contributed by atoms with Crippen LogP contribution in [0.15, 0.2) is 60.9 Å². The van der Waals surface area contributed by atoms with Crippen molar-refractivity contribution in [2.75, 3.05) is 35.7 Å². The number of carbonyl (C=O) groups is 1. The Labute approximate surface area is 170 Å². The quantitative estimate of drug-likeness (QED) is 0.595. The topological polar surface area (TPSA) is 79.4 Å². The normalized spacial score (nSPS) is 10.3. The highest BCUT2D eigenvalue weighted by Crippen LogP contribution is 2.21. The molecule has 0 fully saturated rings. The van der Waals surface area contributed by atoms with E-state index >= 15 is 0 Å². The van der Waals surface area contributed by atoms with Crippen molar-refractivity contribution in [1.82, 2.24) is 9.97 Å². The SMILES string of the molecule is CCN(CC)c1ccc(Nc2cc(C(=O)Nc3cccc(OC)c3)ncn2)cc1.